The Kier molecular flexibility index (Phi) is 5.21. The van der Waals surface area contributed by atoms with Crippen molar-refractivity contribution < 1.29 is 9.90 Å². The van der Waals surface area contributed by atoms with Crippen LogP contribution in [0.1, 0.15) is 26.8 Å². The smallest absolute Gasteiger partial charge is 0.336 e. The summed E-state index contributed by atoms with van der Waals surface area (Å²) in [7, 11) is 0. The van der Waals surface area contributed by atoms with E-state index < -0.39 is 5.97 Å². The van der Waals surface area contributed by atoms with Crippen molar-refractivity contribution in [2.45, 2.75) is 13.3 Å². The summed E-state index contributed by atoms with van der Waals surface area (Å²) in [5, 5.41) is 13.8. The molecule has 0 saturated carbocycles. The van der Waals surface area contributed by atoms with Gasteiger partial charge in [0.2, 0.25) is 0 Å². The van der Waals surface area contributed by atoms with E-state index in [1.165, 1.54) is 11.3 Å². The van der Waals surface area contributed by atoms with Gasteiger partial charge in [0.1, 0.15) is 23.2 Å². The van der Waals surface area contributed by atoms with Crippen LogP contribution in [0, 0.1) is 6.92 Å². The average molecular weight is 404 g/mol. The topological polar surface area (TPSA) is 114 Å². The van der Waals surface area contributed by atoms with Crippen molar-refractivity contribution in [1.29, 1.82) is 0 Å². The normalized spacial score (nSPS) is 10.7. The molecule has 29 heavy (non-hydrogen) atoms. The molecule has 0 unspecified atom stereocenters. The Morgan fingerprint density at radius 3 is 2.62 bits per heavy atom. The molecule has 0 atom stereocenters. The molecule has 4 aromatic heterocycles. The summed E-state index contributed by atoms with van der Waals surface area (Å²) in [4.78, 5) is 33.9. The van der Waals surface area contributed by atoms with Crippen molar-refractivity contribution in [2.24, 2.45) is 0 Å². The van der Waals surface area contributed by atoms with Crippen LogP contribution in [0.15, 0.2) is 54.2 Å². The highest BCUT2D eigenvalue weighted by Crippen LogP contribution is 2.20. The van der Waals surface area contributed by atoms with Crippen LogP contribution < -0.4 is 5.32 Å². The number of aryl methyl sites for hydroxylation is 1. The van der Waals surface area contributed by atoms with Gasteiger partial charge in [0.15, 0.2) is 5.82 Å². The Bertz CT molecular complexity index is 1180. The monoisotopic (exact) mass is 404 g/mol. The molecule has 4 rings (SSSR count). The number of hydrogen-bond acceptors (Lipinski definition) is 8. The largest absolute Gasteiger partial charge is 0.478 e. The van der Waals surface area contributed by atoms with Crippen molar-refractivity contribution in [2.75, 3.05) is 5.32 Å². The van der Waals surface area contributed by atoms with Crippen LogP contribution in [-0.4, -0.2) is 36.0 Å². The van der Waals surface area contributed by atoms with Gasteiger partial charge in [-0.05, 0) is 37.3 Å². The zero-order valence-electron chi connectivity index (χ0n) is 15.4. The van der Waals surface area contributed by atoms with E-state index in [0.717, 1.165) is 10.6 Å². The van der Waals surface area contributed by atoms with E-state index in [9.17, 15) is 4.79 Å². The van der Waals surface area contributed by atoms with Crippen molar-refractivity contribution in [3.63, 3.8) is 0 Å². The number of hydrogen-bond donors (Lipinski definition) is 2. The van der Waals surface area contributed by atoms with Gasteiger partial charge in [-0.25, -0.2) is 29.7 Å². The van der Waals surface area contributed by atoms with Crippen LogP contribution in [-0.2, 0) is 6.42 Å². The Hall–Kier alpha value is -3.72. The second-order valence-electron chi connectivity index (χ2n) is 6.20. The number of carboxylic acids is 1. The number of anilines is 2. The van der Waals surface area contributed by atoms with Crippen LogP contribution in [0.25, 0.3) is 11.5 Å². The lowest BCUT2D eigenvalue weighted by molar-refractivity contribution is 0.0697. The highest BCUT2D eigenvalue weighted by Gasteiger charge is 2.10. The molecule has 0 bridgehead atoms. The Balaban J connectivity index is 1.52. The van der Waals surface area contributed by atoms with Crippen LogP contribution in [0.2, 0.25) is 0 Å². The lowest BCUT2D eigenvalue weighted by Crippen LogP contribution is -2.02. The molecule has 0 aliphatic carbocycles. The van der Waals surface area contributed by atoms with Gasteiger partial charge in [-0.2, -0.15) is 0 Å². The summed E-state index contributed by atoms with van der Waals surface area (Å²) in [6, 6.07) is 10.8. The second-order valence-corrected chi connectivity index (χ2v) is 7.19. The molecule has 0 aliphatic rings. The third-order valence-corrected chi connectivity index (χ3v) is 4.90. The van der Waals surface area contributed by atoms with E-state index in [1.807, 2.05) is 25.1 Å². The summed E-state index contributed by atoms with van der Waals surface area (Å²) >= 11 is 1.37. The van der Waals surface area contributed by atoms with Crippen molar-refractivity contribution >= 4 is 28.9 Å². The molecular formula is C20H16N6O2S. The molecule has 144 valence electrons. The quantitative estimate of drug-likeness (QED) is 0.500. The van der Waals surface area contributed by atoms with Gasteiger partial charge in [0.25, 0.3) is 0 Å². The summed E-state index contributed by atoms with van der Waals surface area (Å²) in [6.07, 6.45) is 3.77. The molecule has 8 nitrogen and oxygen atoms in total. The third kappa shape index (κ3) is 4.58. The van der Waals surface area contributed by atoms with E-state index >= 15 is 0 Å². The van der Waals surface area contributed by atoms with Crippen molar-refractivity contribution in [1.82, 2.24) is 24.9 Å². The number of nitrogens with one attached hydrogen (secondary N) is 1. The molecule has 0 radical (unpaired) electrons. The van der Waals surface area contributed by atoms with E-state index in [4.69, 9.17) is 5.11 Å². The van der Waals surface area contributed by atoms with Gasteiger partial charge < -0.3 is 10.4 Å². The third-order valence-electron chi connectivity index (χ3n) is 3.97. The average Bonchev–Trinajstić information content (AvgIpc) is 3.17. The molecule has 9 heteroatoms. The standard InChI is InChI=1S/C20H16N6O2S/c1-12-3-2-4-15(23-12)19-22-8-6-17(26-19)24-16-5-7-21-18(25-16)10-14-9-13(11-29-14)20(27)28/h2-9,11H,10H2,1H3,(H,27,28)(H,21,22,24,25,26). The summed E-state index contributed by atoms with van der Waals surface area (Å²) in [5.74, 6) is 1.35. The number of aromatic nitrogens is 5. The fourth-order valence-electron chi connectivity index (χ4n) is 2.65. The molecule has 0 spiro atoms. The first-order chi connectivity index (χ1) is 14.1. The van der Waals surface area contributed by atoms with Crippen LogP contribution in [0.3, 0.4) is 0 Å². The number of rotatable bonds is 6. The van der Waals surface area contributed by atoms with E-state index in [2.05, 4.69) is 30.2 Å². The lowest BCUT2D eigenvalue weighted by atomic mass is 10.2. The van der Waals surface area contributed by atoms with Gasteiger partial charge in [-0.15, -0.1) is 11.3 Å². The molecule has 0 amide bonds. The predicted molar refractivity (Wildman–Crippen MR) is 109 cm³/mol. The number of nitrogens with zero attached hydrogens (tertiary/aromatic N) is 5. The highest BCUT2D eigenvalue weighted by atomic mass is 32.1. The number of carbonyl (C=O) groups is 1. The van der Waals surface area contributed by atoms with Gasteiger partial charge in [0.05, 0.1) is 5.56 Å². The lowest BCUT2D eigenvalue weighted by Gasteiger charge is -2.07. The molecule has 4 aromatic rings. The molecule has 2 N–H and O–H groups in total. The Morgan fingerprint density at radius 1 is 1.07 bits per heavy atom. The van der Waals surface area contributed by atoms with Gasteiger partial charge in [-0.3, -0.25) is 0 Å². The summed E-state index contributed by atoms with van der Waals surface area (Å²) in [6.45, 7) is 1.92. The maximum absolute atomic E-state index is 11.0. The SMILES string of the molecule is Cc1cccc(-c2nccc(Nc3ccnc(Cc4cc(C(=O)O)cs4)n3)n2)n1. The van der Waals surface area contributed by atoms with Crippen molar-refractivity contribution in [3.8, 4) is 11.5 Å². The Labute approximate surface area is 170 Å². The zero-order chi connectivity index (χ0) is 20.2. The first-order valence-corrected chi connectivity index (χ1v) is 9.61. The number of pyridine rings is 1. The molecule has 0 saturated heterocycles. The van der Waals surface area contributed by atoms with E-state index in [1.54, 1.807) is 36.0 Å². The fraction of sp³-hybridized carbons (Fsp3) is 0.100. The van der Waals surface area contributed by atoms with Gasteiger partial charge in [-0.1, -0.05) is 6.07 Å². The maximum atomic E-state index is 11.0. The van der Waals surface area contributed by atoms with Crippen LogP contribution in [0.4, 0.5) is 11.6 Å². The maximum Gasteiger partial charge on any atom is 0.336 e. The van der Waals surface area contributed by atoms with Crippen molar-refractivity contribution in [3.05, 3.63) is 76.1 Å². The first kappa shape index (κ1) is 18.6. The fourth-order valence-corrected chi connectivity index (χ4v) is 3.50. The minimum atomic E-state index is -0.938. The van der Waals surface area contributed by atoms with Crippen LogP contribution >= 0.6 is 11.3 Å². The minimum absolute atomic E-state index is 0.276. The zero-order valence-corrected chi connectivity index (χ0v) is 16.2. The van der Waals surface area contributed by atoms with E-state index in [0.29, 0.717) is 35.4 Å². The first-order valence-electron chi connectivity index (χ1n) is 8.73. The Morgan fingerprint density at radius 2 is 1.86 bits per heavy atom. The number of thiophene rings is 1. The minimum Gasteiger partial charge on any atom is -0.478 e. The molecule has 0 fully saturated rings. The summed E-state index contributed by atoms with van der Waals surface area (Å²) < 4.78 is 0. The predicted octanol–water partition coefficient (Wildman–Crippen LogP) is 3.73. The molecule has 0 aromatic carbocycles. The summed E-state index contributed by atoms with van der Waals surface area (Å²) in [5.41, 5.74) is 1.87. The van der Waals surface area contributed by atoms with Crippen LogP contribution in [0.5, 0.6) is 0 Å². The van der Waals surface area contributed by atoms with Gasteiger partial charge >= 0.3 is 5.97 Å². The van der Waals surface area contributed by atoms with E-state index in [-0.39, 0.29) is 5.56 Å². The highest BCUT2D eigenvalue weighted by molar-refractivity contribution is 7.10. The molecule has 4 heterocycles. The van der Waals surface area contributed by atoms with Gasteiger partial charge in [0, 0.05) is 34.8 Å². The second kappa shape index (κ2) is 8.11. The number of aromatic carboxylic acids is 1. The number of carboxylic acid groups (broad SMARTS) is 1. The molecule has 0 aliphatic heterocycles. The molecular weight excluding hydrogens is 388 g/mol.